The van der Waals surface area contributed by atoms with Crippen LogP contribution in [0.5, 0.6) is 5.88 Å². The van der Waals surface area contributed by atoms with Crippen molar-refractivity contribution in [3.05, 3.63) is 66.6 Å². The first-order chi connectivity index (χ1) is 18.1. The minimum Gasteiger partial charge on any atom is -0.481 e. The molecule has 5 aromatic heterocycles. The summed E-state index contributed by atoms with van der Waals surface area (Å²) in [5.41, 5.74) is 5.81. The molecule has 5 aromatic rings. The molecule has 1 saturated heterocycles. The summed E-state index contributed by atoms with van der Waals surface area (Å²) < 4.78 is 10.7. The number of aryl methyl sites for hydroxylation is 1. The summed E-state index contributed by atoms with van der Waals surface area (Å²) in [6.45, 7) is 2.77. The van der Waals surface area contributed by atoms with Crippen molar-refractivity contribution in [1.82, 2.24) is 44.3 Å². The van der Waals surface area contributed by atoms with Crippen LogP contribution in [-0.4, -0.2) is 64.5 Å². The molecule has 6 heterocycles. The van der Waals surface area contributed by atoms with Gasteiger partial charge in [0.1, 0.15) is 11.6 Å². The van der Waals surface area contributed by atoms with Crippen LogP contribution in [0.4, 0.5) is 0 Å². The number of nitriles is 1. The molecular formula is C26H26N10O. The van der Waals surface area contributed by atoms with Gasteiger partial charge in [0.15, 0.2) is 5.69 Å². The molecule has 1 fully saturated rings. The Hall–Kier alpha value is -4.56. The molecule has 0 aliphatic carbocycles. The maximum Gasteiger partial charge on any atom is 0.212 e. The summed E-state index contributed by atoms with van der Waals surface area (Å²) in [5, 5.41) is 27.0. The van der Waals surface area contributed by atoms with Crippen molar-refractivity contribution in [1.29, 1.82) is 5.26 Å². The van der Waals surface area contributed by atoms with Gasteiger partial charge in [0, 0.05) is 73.2 Å². The second kappa shape index (κ2) is 9.48. The molecule has 37 heavy (non-hydrogen) atoms. The van der Waals surface area contributed by atoms with Gasteiger partial charge in [0.2, 0.25) is 5.88 Å². The Labute approximate surface area is 213 Å². The van der Waals surface area contributed by atoms with E-state index in [1.165, 1.54) is 0 Å². The Bertz CT molecular complexity index is 1590. The number of hydrogen-bond acceptors (Lipinski definition) is 8. The highest BCUT2D eigenvalue weighted by atomic mass is 16.5. The van der Waals surface area contributed by atoms with E-state index in [9.17, 15) is 5.26 Å². The van der Waals surface area contributed by atoms with Crippen molar-refractivity contribution in [3.8, 4) is 34.2 Å². The molecule has 6 rings (SSSR count). The predicted molar refractivity (Wildman–Crippen MR) is 135 cm³/mol. The Morgan fingerprint density at radius 3 is 2.73 bits per heavy atom. The van der Waals surface area contributed by atoms with Crippen LogP contribution in [0.2, 0.25) is 0 Å². The molecule has 0 aromatic carbocycles. The van der Waals surface area contributed by atoms with Crippen molar-refractivity contribution < 1.29 is 4.74 Å². The summed E-state index contributed by atoms with van der Waals surface area (Å²) >= 11 is 0. The number of fused-ring (bicyclic) bond motifs is 1. The van der Waals surface area contributed by atoms with Gasteiger partial charge in [-0.2, -0.15) is 15.5 Å². The van der Waals surface area contributed by atoms with E-state index in [2.05, 4.69) is 54.4 Å². The highest BCUT2D eigenvalue weighted by molar-refractivity contribution is 5.86. The van der Waals surface area contributed by atoms with Crippen LogP contribution >= 0.6 is 0 Å². The Morgan fingerprint density at radius 2 is 1.97 bits per heavy atom. The smallest absolute Gasteiger partial charge is 0.212 e. The zero-order valence-electron chi connectivity index (χ0n) is 20.7. The lowest BCUT2D eigenvalue weighted by atomic mass is 10.0. The summed E-state index contributed by atoms with van der Waals surface area (Å²) in [5.74, 6) is 0.624. The van der Waals surface area contributed by atoms with Crippen LogP contribution in [0.1, 0.15) is 30.1 Å². The van der Waals surface area contributed by atoms with E-state index in [0.29, 0.717) is 11.4 Å². The molecule has 1 atom stereocenters. The monoisotopic (exact) mass is 494 g/mol. The summed E-state index contributed by atoms with van der Waals surface area (Å²) in [4.78, 5) is 6.77. The molecule has 11 nitrogen and oxygen atoms in total. The van der Waals surface area contributed by atoms with Gasteiger partial charge < -0.3 is 4.74 Å². The van der Waals surface area contributed by atoms with E-state index in [-0.39, 0.29) is 11.7 Å². The summed E-state index contributed by atoms with van der Waals surface area (Å²) in [6.07, 6.45) is 13.6. The summed E-state index contributed by atoms with van der Waals surface area (Å²) in [6, 6.07) is 8.45. The molecule has 0 bridgehead atoms. The maximum atomic E-state index is 9.66. The van der Waals surface area contributed by atoms with Crippen molar-refractivity contribution >= 4 is 5.52 Å². The minimum atomic E-state index is 0.254. The number of ether oxygens (including phenoxy) is 1. The molecule has 1 aliphatic rings. The fraction of sp³-hybridized carbons (Fsp3) is 0.308. The van der Waals surface area contributed by atoms with E-state index in [1.807, 2.05) is 44.1 Å². The fourth-order valence-corrected chi connectivity index (χ4v) is 5.00. The van der Waals surface area contributed by atoms with E-state index in [0.717, 1.165) is 60.3 Å². The number of hydrogen-bond donors (Lipinski definition) is 0. The van der Waals surface area contributed by atoms with Crippen LogP contribution < -0.4 is 4.74 Å². The Balaban J connectivity index is 1.29. The third kappa shape index (κ3) is 4.43. The molecule has 0 radical (unpaired) electrons. The zero-order valence-corrected chi connectivity index (χ0v) is 20.7. The van der Waals surface area contributed by atoms with Crippen LogP contribution in [0.25, 0.3) is 27.8 Å². The first-order valence-electron chi connectivity index (χ1n) is 12.2. The highest BCUT2D eigenvalue weighted by Gasteiger charge is 2.23. The zero-order chi connectivity index (χ0) is 25.4. The number of rotatable bonds is 6. The lowest BCUT2D eigenvalue weighted by molar-refractivity contribution is 0.163. The van der Waals surface area contributed by atoms with E-state index in [4.69, 9.17) is 9.84 Å². The molecule has 186 valence electrons. The average Bonchev–Trinajstić information content (AvgIpc) is 3.68. The maximum absolute atomic E-state index is 9.66. The van der Waals surface area contributed by atoms with Crippen LogP contribution in [0, 0.1) is 11.3 Å². The number of likely N-dealkylation sites (tertiary alicyclic amines) is 1. The number of aromatic nitrogens is 8. The number of pyridine rings is 2. The quantitative estimate of drug-likeness (QED) is 0.354. The summed E-state index contributed by atoms with van der Waals surface area (Å²) in [7, 11) is 3.51. The number of nitrogens with zero attached hydrogens (tertiary/aromatic N) is 10. The van der Waals surface area contributed by atoms with Gasteiger partial charge in [0.25, 0.3) is 0 Å². The lowest BCUT2D eigenvalue weighted by Gasteiger charge is -2.32. The first-order valence-corrected chi connectivity index (χ1v) is 12.2. The van der Waals surface area contributed by atoms with Gasteiger partial charge in [-0.25, -0.2) is 9.50 Å². The van der Waals surface area contributed by atoms with Gasteiger partial charge in [-0.1, -0.05) is 11.3 Å². The van der Waals surface area contributed by atoms with Crippen LogP contribution in [0.15, 0.2) is 55.4 Å². The van der Waals surface area contributed by atoms with E-state index >= 15 is 0 Å². The van der Waals surface area contributed by atoms with Crippen molar-refractivity contribution in [2.75, 3.05) is 20.2 Å². The third-order valence-electron chi connectivity index (χ3n) is 6.84. The van der Waals surface area contributed by atoms with E-state index < -0.39 is 0 Å². The molecule has 11 heteroatoms. The highest BCUT2D eigenvalue weighted by Crippen LogP contribution is 2.32. The van der Waals surface area contributed by atoms with Crippen molar-refractivity contribution in [3.63, 3.8) is 0 Å². The van der Waals surface area contributed by atoms with Gasteiger partial charge in [-0.05, 0) is 31.0 Å². The second-order valence-electron chi connectivity index (χ2n) is 9.34. The SMILES string of the molecule is COc1ccc(CN2CCC[C@@H](n3cc(-c4cc(-c5cnn(C)c5)cn5nnc(C#N)c45)cn3)C2)cn1. The lowest BCUT2D eigenvalue weighted by Crippen LogP contribution is -2.36. The first kappa shape index (κ1) is 22.9. The largest absolute Gasteiger partial charge is 0.481 e. The van der Waals surface area contributed by atoms with Gasteiger partial charge in [-0.15, -0.1) is 5.10 Å². The molecule has 0 N–H and O–H groups in total. The fourth-order valence-electron chi connectivity index (χ4n) is 5.00. The number of piperidine rings is 1. The molecular weight excluding hydrogens is 468 g/mol. The predicted octanol–water partition coefficient (Wildman–Crippen LogP) is 3.11. The molecule has 0 unspecified atom stereocenters. The average molecular weight is 495 g/mol. The Morgan fingerprint density at radius 1 is 1.08 bits per heavy atom. The Kier molecular flexibility index (Phi) is 5.86. The van der Waals surface area contributed by atoms with Gasteiger partial charge >= 0.3 is 0 Å². The molecule has 0 spiro atoms. The van der Waals surface area contributed by atoms with E-state index in [1.54, 1.807) is 16.3 Å². The van der Waals surface area contributed by atoms with Crippen molar-refractivity contribution in [2.45, 2.75) is 25.4 Å². The molecule has 1 aliphatic heterocycles. The minimum absolute atomic E-state index is 0.254. The second-order valence-corrected chi connectivity index (χ2v) is 9.34. The standard InChI is InChI=1S/C26H26N10O/c1-33-14-20(11-29-33)19-8-23(26-24(9-27)31-32-36(26)15-19)21-12-30-35(16-21)22-4-3-7-34(17-22)13-18-5-6-25(37-2)28-10-18/h5-6,8,10-12,14-16,22H,3-4,7,13,17H2,1-2H3/t22-/m1/s1. The number of methoxy groups -OCH3 is 1. The topological polar surface area (TPSA) is 115 Å². The van der Waals surface area contributed by atoms with Gasteiger partial charge in [-0.3, -0.25) is 14.3 Å². The molecule has 0 saturated carbocycles. The molecule has 0 amide bonds. The van der Waals surface area contributed by atoms with Gasteiger partial charge in [0.05, 0.1) is 25.5 Å². The van der Waals surface area contributed by atoms with Crippen LogP contribution in [-0.2, 0) is 13.6 Å². The van der Waals surface area contributed by atoms with Crippen LogP contribution in [0.3, 0.4) is 0 Å². The normalized spacial score (nSPS) is 16.2. The third-order valence-corrected chi connectivity index (χ3v) is 6.84. The van der Waals surface area contributed by atoms with Crippen molar-refractivity contribution in [2.24, 2.45) is 7.05 Å².